The van der Waals surface area contributed by atoms with Crippen molar-refractivity contribution in [1.82, 2.24) is 24.3 Å². The maximum absolute atomic E-state index is 13.0. The van der Waals surface area contributed by atoms with Crippen molar-refractivity contribution in [3.8, 4) is 0 Å². The number of nitrogens with one attached hydrogen (secondary N) is 1. The maximum Gasteiger partial charge on any atom is 0.330 e. The summed E-state index contributed by atoms with van der Waals surface area (Å²) in [7, 11) is 3.82. The molecule has 0 radical (unpaired) electrons. The Morgan fingerprint density at radius 3 is 2.68 bits per heavy atom. The first-order valence-corrected chi connectivity index (χ1v) is 12.5. The number of hydrogen-bond donors (Lipinski definition) is 1. The van der Waals surface area contributed by atoms with E-state index in [0.29, 0.717) is 19.7 Å². The molecule has 0 aromatic carbocycles. The van der Waals surface area contributed by atoms with Crippen LogP contribution in [0.5, 0.6) is 0 Å². The first-order chi connectivity index (χ1) is 15.9. The number of carbonyl (C=O) groups is 1. The number of ether oxygens (including phenoxy) is 1. The van der Waals surface area contributed by atoms with E-state index in [0.717, 1.165) is 42.7 Å². The lowest BCUT2D eigenvalue weighted by atomic mass is 9.68. The topological polar surface area (TPSA) is 81.4 Å². The minimum absolute atomic E-state index is 0.000276. The summed E-state index contributed by atoms with van der Waals surface area (Å²) < 4.78 is 9.23. The van der Waals surface area contributed by atoms with Crippen LogP contribution >= 0.6 is 0 Å². The third-order valence-corrected chi connectivity index (χ3v) is 7.53. The third-order valence-electron chi connectivity index (χ3n) is 7.53. The second kappa shape index (κ2) is 9.11. The van der Waals surface area contributed by atoms with Gasteiger partial charge in [0.2, 0.25) is 0 Å². The van der Waals surface area contributed by atoms with Gasteiger partial charge in [-0.2, -0.15) is 0 Å². The van der Waals surface area contributed by atoms with E-state index in [9.17, 15) is 9.59 Å². The molecule has 3 atom stereocenters. The van der Waals surface area contributed by atoms with Gasteiger partial charge in [-0.1, -0.05) is 34.6 Å². The Kier molecular flexibility index (Phi) is 6.68. The zero-order chi connectivity index (χ0) is 24.8. The van der Waals surface area contributed by atoms with Crippen molar-refractivity contribution in [1.29, 1.82) is 0 Å². The molecule has 4 rings (SSSR count). The fourth-order valence-corrected chi connectivity index (χ4v) is 5.31. The van der Waals surface area contributed by atoms with Gasteiger partial charge >= 0.3 is 5.69 Å². The van der Waals surface area contributed by atoms with Crippen molar-refractivity contribution >= 4 is 17.1 Å². The lowest BCUT2D eigenvalue weighted by Gasteiger charge is -2.43. The number of fused-ring (bicyclic) bond motifs is 1. The molecule has 0 spiro atoms. The quantitative estimate of drug-likeness (QED) is 0.742. The van der Waals surface area contributed by atoms with Crippen molar-refractivity contribution in [2.24, 2.45) is 17.9 Å². The summed E-state index contributed by atoms with van der Waals surface area (Å²) in [6.07, 6.45) is 2.42. The first kappa shape index (κ1) is 24.9. The monoisotopic (exact) mass is 471 g/mol. The Morgan fingerprint density at radius 1 is 1.26 bits per heavy atom. The number of hydrogen-bond acceptors (Lipinski definition) is 5. The fourth-order valence-electron chi connectivity index (χ4n) is 5.31. The van der Waals surface area contributed by atoms with Gasteiger partial charge < -0.3 is 15.0 Å². The number of nitrogens with zero attached hydrogens (tertiary/aromatic N) is 4. The van der Waals surface area contributed by atoms with Crippen molar-refractivity contribution in [2.75, 3.05) is 26.7 Å². The highest BCUT2D eigenvalue weighted by molar-refractivity contribution is 5.81. The van der Waals surface area contributed by atoms with E-state index < -0.39 is 6.10 Å². The zero-order valence-corrected chi connectivity index (χ0v) is 21.9. The van der Waals surface area contributed by atoms with Crippen LogP contribution in [0, 0.1) is 10.8 Å². The Balaban J connectivity index is 1.56. The smallest absolute Gasteiger partial charge is 0.330 e. The molecule has 8 heteroatoms. The summed E-state index contributed by atoms with van der Waals surface area (Å²) in [6.45, 7) is 13.6. The highest BCUT2D eigenvalue weighted by Crippen LogP contribution is 2.42. The minimum atomic E-state index is -0.415. The number of aromatic nitrogens is 3. The summed E-state index contributed by atoms with van der Waals surface area (Å²) in [4.78, 5) is 33.0. The normalized spacial score (nSPS) is 26.0. The Bertz CT molecular complexity index is 1110. The van der Waals surface area contributed by atoms with Crippen LogP contribution in [0.4, 0.5) is 0 Å². The van der Waals surface area contributed by atoms with Crippen molar-refractivity contribution in [2.45, 2.75) is 78.5 Å². The number of morpholine rings is 1. The zero-order valence-electron chi connectivity index (χ0n) is 21.9. The SMILES string of the molecule is CN1CCOC(C(=O)NC2CC(c3ccc4c(n3)n(C)c(=O)n4CC(C)(C)C)CCC2(C)C)C1. The highest BCUT2D eigenvalue weighted by atomic mass is 16.5. The van der Waals surface area contributed by atoms with Crippen LogP contribution in [0.25, 0.3) is 11.2 Å². The molecule has 1 N–H and O–H groups in total. The van der Waals surface area contributed by atoms with Crippen LogP contribution in [0.1, 0.15) is 65.5 Å². The van der Waals surface area contributed by atoms with Crippen molar-refractivity contribution in [3.05, 3.63) is 28.3 Å². The fraction of sp³-hybridized carbons (Fsp3) is 0.731. The van der Waals surface area contributed by atoms with Crippen LogP contribution in [0.3, 0.4) is 0 Å². The molecule has 34 heavy (non-hydrogen) atoms. The van der Waals surface area contributed by atoms with Crippen molar-refractivity contribution < 1.29 is 9.53 Å². The van der Waals surface area contributed by atoms with Crippen LogP contribution < -0.4 is 11.0 Å². The van der Waals surface area contributed by atoms with E-state index in [-0.39, 0.29) is 34.4 Å². The van der Waals surface area contributed by atoms with Crippen LogP contribution in [-0.4, -0.2) is 63.8 Å². The Morgan fingerprint density at radius 2 is 2.00 bits per heavy atom. The van der Waals surface area contributed by atoms with E-state index >= 15 is 0 Å². The largest absolute Gasteiger partial charge is 0.366 e. The predicted molar refractivity (Wildman–Crippen MR) is 134 cm³/mol. The van der Waals surface area contributed by atoms with E-state index in [4.69, 9.17) is 9.72 Å². The second-order valence-corrected chi connectivity index (χ2v) is 12.2. The number of aryl methyl sites for hydroxylation is 1. The van der Waals surface area contributed by atoms with Gasteiger partial charge in [-0.05, 0) is 49.3 Å². The number of likely N-dealkylation sites (N-methyl/N-ethyl adjacent to an activating group) is 1. The minimum Gasteiger partial charge on any atom is -0.366 e. The van der Waals surface area contributed by atoms with E-state index in [2.05, 4.69) is 50.9 Å². The Labute approximate surface area is 202 Å². The van der Waals surface area contributed by atoms with Gasteiger partial charge in [0.1, 0.15) is 6.10 Å². The van der Waals surface area contributed by atoms with Gasteiger partial charge in [-0.15, -0.1) is 0 Å². The van der Waals surface area contributed by atoms with E-state index in [1.54, 1.807) is 11.6 Å². The number of amides is 1. The third kappa shape index (κ3) is 5.08. The lowest BCUT2D eigenvalue weighted by molar-refractivity contribution is -0.139. The molecular formula is C26H41N5O3. The molecule has 1 saturated carbocycles. The van der Waals surface area contributed by atoms with Gasteiger partial charge in [0.05, 0.1) is 12.1 Å². The average Bonchev–Trinajstić information content (AvgIpc) is 2.98. The van der Waals surface area contributed by atoms with E-state index in [1.807, 2.05) is 17.7 Å². The van der Waals surface area contributed by atoms with E-state index in [1.165, 1.54) is 0 Å². The van der Waals surface area contributed by atoms with Gasteiger partial charge in [-0.25, -0.2) is 9.78 Å². The molecule has 1 aliphatic carbocycles. The Hall–Kier alpha value is -2.19. The molecule has 8 nitrogen and oxygen atoms in total. The molecule has 3 heterocycles. The first-order valence-electron chi connectivity index (χ1n) is 12.5. The summed E-state index contributed by atoms with van der Waals surface area (Å²) >= 11 is 0. The number of pyridine rings is 1. The van der Waals surface area contributed by atoms with Gasteiger partial charge in [0.25, 0.3) is 5.91 Å². The lowest BCUT2D eigenvalue weighted by Crippen LogP contribution is -2.55. The van der Waals surface area contributed by atoms with Gasteiger partial charge in [0, 0.05) is 44.3 Å². The summed E-state index contributed by atoms with van der Waals surface area (Å²) in [5, 5.41) is 3.31. The molecule has 2 aromatic rings. The van der Waals surface area contributed by atoms with Crippen LogP contribution in [0.2, 0.25) is 0 Å². The molecule has 2 aromatic heterocycles. The number of rotatable bonds is 4. The summed E-state index contributed by atoms with van der Waals surface area (Å²) in [5.41, 5.74) is 2.58. The highest BCUT2D eigenvalue weighted by Gasteiger charge is 2.40. The molecule has 2 aliphatic rings. The van der Waals surface area contributed by atoms with Crippen LogP contribution in [-0.2, 0) is 23.1 Å². The standard InChI is InChI=1S/C26H41N5O3/c1-25(2,3)16-31-19-9-8-18(27-22(19)30(7)24(31)33)17-10-11-26(4,5)21(14-17)28-23(32)20-15-29(6)12-13-34-20/h8-9,17,20-21H,10-16H2,1-7H3,(H,28,32). The molecule has 2 fully saturated rings. The molecular weight excluding hydrogens is 430 g/mol. The predicted octanol–water partition coefficient (Wildman–Crippen LogP) is 2.89. The molecule has 188 valence electrons. The average molecular weight is 472 g/mol. The maximum atomic E-state index is 13.0. The molecule has 0 bridgehead atoms. The van der Waals surface area contributed by atoms with Crippen LogP contribution in [0.15, 0.2) is 16.9 Å². The van der Waals surface area contributed by atoms with Gasteiger partial charge in [0.15, 0.2) is 5.65 Å². The van der Waals surface area contributed by atoms with Crippen molar-refractivity contribution in [3.63, 3.8) is 0 Å². The molecule has 1 amide bonds. The molecule has 3 unspecified atom stereocenters. The molecule has 1 saturated heterocycles. The number of imidazole rings is 1. The van der Waals surface area contributed by atoms with Gasteiger partial charge in [-0.3, -0.25) is 13.9 Å². The second-order valence-electron chi connectivity index (χ2n) is 12.2. The number of carbonyl (C=O) groups excluding carboxylic acids is 1. The summed E-state index contributed by atoms with van der Waals surface area (Å²) in [6, 6.07) is 4.16. The summed E-state index contributed by atoms with van der Waals surface area (Å²) in [5.74, 6) is 0.217. The molecule has 1 aliphatic heterocycles.